The number of pyridine rings is 1. The molecule has 0 spiro atoms. The van der Waals surface area contributed by atoms with Gasteiger partial charge in [-0.3, -0.25) is 9.48 Å². The summed E-state index contributed by atoms with van der Waals surface area (Å²) < 4.78 is 35.7. The number of amides is 1. The first-order chi connectivity index (χ1) is 16.9. The van der Waals surface area contributed by atoms with Crippen LogP contribution >= 0.6 is 0 Å². The summed E-state index contributed by atoms with van der Waals surface area (Å²) in [4.78, 5) is 22.6. The molecule has 0 saturated carbocycles. The molecule has 11 nitrogen and oxygen atoms in total. The van der Waals surface area contributed by atoms with Crippen LogP contribution in [-0.2, 0) is 13.5 Å². The number of halogens is 2. The average molecular weight is 479 g/mol. The number of aromatic nitrogens is 8. The van der Waals surface area contributed by atoms with Gasteiger partial charge in [0.25, 0.3) is 12.3 Å². The number of imidazole rings is 1. The number of nitrogens with zero attached hydrogens (tertiary/aromatic N) is 8. The molecule has 0 radical (unpaired) electrons. The Morgan fingerprint density at radius 1 is 1.26 bits per heavy atom. The smallest absolute Gasteiger partial charge is 0.312 e. The van der Waals surface area contributed by atoms with Crippen molar-refractivity contribution in [2.75, 3.05) is 6.54 Å². The van der Waals surface area contributed by atoms with Crippen LogP contribution in [-0.4, -0.2) is 56.9 Å². The van der Waals surface area contributed by atoms with Gasteiger partial charge >= 0.3 is 11.8 Å². The van der Waals surface area contributed by atoms with E-state index in [0.29, 0.717) is 41.1 Å². The third-order valence-electron chi connectivity index (χ3n) is 6.08. The van der Waals surface area contributed by atoms with E-state index < -0.39 is 18.4 Å². The summed E-state index contributed by atoms with van der Waals surface area (Å²) in [6.45, 7) is 2.12. The Balaban J connectivity index is 1.41. The average Bonchev–Trinajstić information content (AvgIpc) is 3.62. The minimum Gasteiger partial charge on any atom is -0.412 e. The number of aryl methyl sites for hydroxylation is 2. The molecule has 1 aliphatic heterocycles. The maximum Gasteiger partial charge on any atom is 0.312 e. The van der Waals surface area contributed by atoms with Crippen LogP contribution in [0.15, 0.2) is 41.2 Å². The van der Waals surface area contributed by atoms with Gasteiger partial charge in [-0.25, -0.2) is 18.3 Å². The summed E-state index contributed by atoms with van der Waals surface area (Å²) in [6.07, 6.45) is 1.09. The van der Waals surface area contributed by atoms with E-state index >= 15 is 0 Å². The number of fused-ring (bicyclic) bond motifs is 2. The highest BCUT2D eigenvalue weighted by Crippen LogP contribution is 2.35. The van der Waals surface area contributed by atoms with E-state index in [1.807, 2.05) is 0 Å². The second-order valence-corrected chi connectivity index (χ2v) is 8.29. The van der Waals surface area contributed by atoms with E-state index in [0.717, 1.165) is 5.69 Å². The predicted octanol–water partition coefficient (Wildman–Crippen LogP) is 2.87. The summed E-state index contributed by atoms with van der Waals surface area (Å²) in [5, 5.41) is 16.7. The molecule has 1 aliphatic rings. The third-order valence-corrected chi connectivity index (χ3v) is 6.08. The van der Waals surface area contributed by atoms with E-state index in [1.54, 1.807) is 49.4 Å². The van der Waals surface area contributed by atoms with Crippen LogP contribution in [0.25, 0.3) is 17.0 Å². The van der Waals surface area contributed by atoms with E-state index in [2.05, 4.69) is 30.4 Å². The molecule has 1 amide bonds. The SMILES string of the molecule is Cc1nn(C)cc1-c1nnc(C(=O)N2CCc3[nH]cnc3[C@@H]2c2cc3cccc(C(F)F)n3n2)o1. The Morgan fingerprint density at radius 2 is 2.11 bits per heavy atom. The van der Waals surface area contributed by atoms with Crippen molar-refractivity contribution < 1.29 is 18.0 Å². The third kappa shape index (κ3) is 3.38. The number of H-pyrrole nitrogens is 1. The quantitative estimate of drug-likeness (QED) is 0.420. The number of hydrogen-bond acceptors (Lipinski definition) is 7. The zero-order valence-corrected chi connectivity index (χ0v) is 18.7. The Labute approximate surface area is 196 Å². The van der Waals surface area contributed by atoms with Gasteiger partial charge in [-0.1, -0.05) is 6.07 Å². The van der Waals surface area contributed by atoms with Crippen molar-refractivity contribution in [2.24, 2.45) is 7.05 Å². The zero-order chi connectivity index (χ0) is 24.3. The van der Waals surface area contributed by atoms with Crippen molar-refractivity contribution in [3.8, 4) is 11.5 Å². The first-order valence-electron chi connectivity index (χ1n) is 10.8. The van der Waals surface area contributed by atoms with Crippen LogP contribution in [0, 0.1) is 6.92 Å². The molecule has 0 fully saturated rings. The topological polar surface area (TPSA) is 123 Å². The fourth-order valence-corrected chi connectivity index (χ4v) is 4.50. The minimum absolute atomic E-state index is 0.183. The molecule has 0 bridgehead atoms. The Hall–Kier alpha value is -4.42. The van der Waals surface area contributed by atoms with E-state index in [1.165, 1.54) is 15.5 Å². The first-order valence-corrected chi connectivity index (χ1v) is 10.8. The largest absolute Gasteiger partial charge is 0.412 e. The lowest BCUT2D eigenvalue weighted by molar-refractivity contribution is 0.0646. The molecule has 0 saturated heterocycles. The molecule has 1 atom stereocenters. The van der Waals surface area contributed by atoms with Crippen molar-refractivity contribution in [1.82, 2.24) is 44.5 Å². The Bertz CT molecular complexity index is 1560. The number of nitrogens with one attached hydrogen (secondary N) is 1. The number of hydrogen-bond donors (Lipinski definition) is 1. The van der Waals surface area contributed by atoms with Gasteiger partial charge in [0.15, 0.2) is 0 Å². The molecular weight excluding hydrogens is 460 g/mol. The zero-order valence-electron chi connectivity index (χ0n) is 18.7. The van der Waals surface area contributed by atoms with Gasteiger partial charge in [-0.2, -0.15) is 10.2 Å². The van der Waals surface area contributed by atoms with Crippen molar-refractivity contribution in [3.63, 3.8) is 0 Å². The second kappa shape index (κ2) is 7.82. The summed E-state index contributed by atoms with van der Waals surface area (Å²) in [6, 6.07) is 5.51. The lowest BCUT2D eigenvalue weighted by Gasteiger charge is -2.32. The number of aromatic amines is 1. The van der Waals surface area contributed by atoms with Gasteiger partial charge in [-0.05, 0) is 25.1 Å². The van der Waals surface area contributed by atoms with Gasteiger partial charge < -0.3 is 14.3 Å². The lowest BCUT2D eigenvalue weighted by atomic mass is 9.99. The molecule has 1 N–H and O–H groups in total. The maximum atomic E-state index is 13.6. The van der Waals surface area contributed by atoms with Gasteiger partial charge in [0, 0.05) is 31.9 Å². The fraction of sp³-hybridized carbons (Fsp3) is 0.273. The molecule has 0 aromatic carbocycles. The van der Waals surface area contributed by atoms with Crippen LogP contribution in [0.2, 0.25) is 0 Å². The molecule has 5 aromatic heterocycles. The van der Waals surface area contributed by atoms with Crippen LogP contribution < -0.4 is 0 Å². The van der Waals surface area contributed by atoms with Crippen molar-refractivity contribution in [1.29, 1.82) is 0 Å². The highest BCUT2D eigenvalue weighted by atomic mass is 19.3. The lowest BCUT2D eigenvalue weighted by Crippen LogP contribution is -2.41. The number of carbonyl (C=O) groups excluding carboxylic acids is 1. The predicted molar refractivity (Wildman–Crippen MR) is 117 cm³/mol. The van der Waals surface area contributed by atoms with Crippen LogP contribution in [0.5, 0.6) is 0 Å². The van der Waals surface area contributed by atoms with Gasteiger partial charge in [-0.15, -0.1) is 10.2 Å². The summed E-state index contributed by atoms with van der Waals surface area (Å²) in [5.74, 6) is -0.512. The molecule has 13 heteroatoms. The van der Waals surface area contributed by atoms with Gasteiger partial charge in [0.1, 0.15) is 11.7 Å². The van der Waals surface area contributed by atoms with Crippen molar-refractivity contribution in [2.45, 2.75) is 25.8 Å². The van der Waals surface area contributed by atoms with Crippen molar-refractivity contribution in [3.05, 3.63) is 71.1 Å². The van der Waals surface area contributed by atoms with Crippen molar-refractivity contribution >= 4 is 11.4 Å². The molecular formula is C22H19F2N9O2. The normalized spacial score (nSPS) is 15.8. The highest BCUT2D eigenvalue weighted by Gasteiger charge is 2.38. The summed E-state index contributed by atoms with van der Waals surface area (Å²) in [7, 11) is 1.77. The van der Waals surface area contributed by atoms with E-state index in [9.17, 15) is 13.6 Å². The molecule has 35 heavy (non-hydrogen) atoms. The fourth-order valence-electron chi connectivity index (χ4n) is 4.50. The molecule has 0 aliphatic carbocycles. The number of rotatable bonds is 4. The monoisotopic (exact) mass is 479 g/mol. The first kappa shape index (κ1) is 21.1. The molecule has 178 valence electrons. The molecule has 6 rings (SSSR count). The number of alkyl halides is 2. The Morgan fingerprint density at radius 3 is 2.89 bits per heavy atom. The van der Waals surface area contributed by atoms with Gasteiger partial charge in [0.2, 0.25) is 0 Å². The van der Waals surface area contributed by atoms with E-state index in [-0.39, 0.29) is 17.5 Å². The summed E-state index contributed by atoms with van der Waals surface area (Å²) >= 11 is 0. The molecule has 0 unspecified atom stereocenters. The molecule has 6 heterocycles. The minimum atomic E-state index is -2.70. The maximum absolute atomic E-state index is 13.6. The molecule has 5 aromatic rings. The van der Waals surface area contributed by atoms with Crippen LogP contribution in [0.3, 0.4) is 0 Å². The van der Waals surface area contributed by atoms with E-state index in [4.69, 9.17) is 4.42 Å². The van der Waals surface area contributed by atoms with Crippen LogP contribution in [0.4, 0.5) is 8.78 Å². The summed E-state index contributed by atoms with van der Waals surface area (Å²) in [5.41, 5.74) is 3.41. The standard InChI is InChI=1S/C22H19F2N9O2/c1-11-13(9-31(2)29-11)20-27-28-21(35-20)22(34)32-7-6-14-17(26-10-25-14)18(32)15-8-12-4-3-5-16(19(23)24)33(12)30-15/h3-5,8-10,18-19H,6-7H2,1-2H3,(H,25,26)/t18-/m0/s1. The Kier molecular flexibility index (Phi) is 4.72. The second-order valence-electron chi connectivity index (χ2n) is 8.29. The van der Waals surface area contributed by atoms with Crippen LogP contribution in [0.1, 0.15) is 51.6 Å². The number of carbonyl (C=O) groups is 1. The highest BCUT2D eigenvalue weighted by molar-refractivity contribution is 5.90. The van der Waals surface area contributed by atoms with Gasteiger partial charge in [0.05, 0.1) is 34.5 Å².